The van der Waals surface area contributed by atoms with E-state index in [2.05, 4.69) is 0 Å². The molecule has 1 aromatic carbocycles. The maximum absolute atomic E-state index is 12.5. The molecule has 4 heteroatoms. The van der Waals surface area contributed by atoms with Crippen LogP contribution in [-0.2, 0) is 4.79 Å². The third-order valence-corrected chi connectivity index (χ3v) is 4.78. The minimum absolute atomic E-state index is 0.245. The largest absolute Gasteiger partial charge is 0.389 e. The Labute approximate surface area is 118 Å². The van der Waals surface area contributed by atoms with Crippen molar-refractivity contribution < 1.29 is 4.79 Å². The Morgan fingerprint density at radius 1 is 1.37 bits per heavy atom. The molecule has 0 aliphatic heterocycles. The SMILES string of the molecule is CN(C(=O)C1C2CCCC21)c1cccc(C(N)=S)c1. The number of nitrogens with two attached hydrogens (primary N) is 1. The lowest BCUT2D eigenvalue weighted by atomic mass is 10.1. The van der Waals surface area contributed by atoms with Crippen molar-refractivity contribution in [1.82, 2.24) is 0 Å². The molecule has 100 valence electrons. The van der Waals surface area contributed by atoms with Crippen molar-refractivity contribution in [2.75, 3.05) is 11.9 Å². The van der Waals surface area contributed by atoms with Crippen molar-refractivity contribution in [3.8, 4) is 0 Å². The highest BCUT2D eigenvalue weighted by molar-refractivity contribution is 7.80. The molecular weight excluding hydrogens is 256 g/mol. The number of hydrogen-bond donors (Lipinski definition) is 1. The maximum Gasteiger partial charge on any atom is 0.230 e. The Balaban J connectivity index is 1.76. The van der Waals surface area contributed by atoms with Crippen LogP contribution in [0.3, 0.4) is 0 Å². The third-order valence-electron chi connectivity index (χ3n) is 4.54. The van der Waals surface area contributed by atoms with E-state index in [0.717, 1.165) is 11.3 Å². The van der Waals surface area contributed by atoms with Crippen molar-refractivity contribution >= 4 is 28.8 Å². The van der Waals surface area contributed by atoms with Crippen LogP contribution in [0.1, 0.15) is 24.8 Å². The van der Waals surface area contributed by atoms with E-state index in [1.54, 1.807) is 4.90 Å². The second-order valence-electron chi connectivity index (χ2n) is 5.60. The molecule has 2 atom stereocenters. The predicted octanol–water partition coefficient (Wildman–Crippen LogP) is 2.33. The highest BCUT2D eigenvalue weighted by Gasteiger charge is 2.57. The lowest BCUT2D eigenvalue weighted by Crippen LogP contribution is -2.29. The molecule has 2 saturated carbocycles. The summed E-state index contributed by atoms with van der Waals surface area (Å²) in [5, 5.41) is 0. The molecule has 19 heavy (non-hydrogen) atoms. The quantitative estimate of drug-likeness (QED) is 0.861. The molecule has 0 saturated heterocycles. The summed E-state index contributed by atoms with van der Waals surface area (Å²) in [5.74, 6) is 1.80. The zero-order chi connectivity index (χ0) is 13.6. The molecule has 0 bridgehead atoms. The van der Waals surface area contributed by atoms with E-state index >= 15 is 0 Å². The van der Waals surface area contributed by atoms with Gasteiger partial charge in [-0.25, -0.2) is 0 Å². The molecular formula is C15H18N2OS. The smallest absolute Gasteiger partial charge is 0.230 e. The van der Waals surface area contributed by atoms with Gasteiger partial charge in [-0.05, 0) is 36.8 Å². The molecule has 1 amide bonds. The highest BCUT2D eigenvalue weighted by atomic mass is 32.1. The monoisotopic (exact) mass is 274 g/mol. The van der Waals surface area contributed by atoms with Crippen LogP contribution >= 0.6 is 12.2 Å². The van der Waals surface area contributed by atoms with E-state index in [4.69, 9.17) is 18.0 Å². The zero-order valence-corrected chi connectivity index (χ0v) is 11.8. The third kappa shape index (κ3) is 2.14. The van der Waals surface area contributed by atoms with E-state index in [1.807, 2.05) is 31.3 Å². The number of thiocarbonyl (C=S) groups is 1. The van der Waals surface area contributed by atoms with E-state index in [0.29, 0.717) is 16.8 Å². The number of nitrogens with zero attached hydrogens (tertiary/aromatic N) is 1. The van der Waals surface area contributed by atoms with Gasteiger partial charge < -0.3 is 10.6 Å². The molecule has 0 radical (unpaired) electrons. The van der Waals surface area contributed by atoms with Gasteiger partial charge in [-0.15, -0.1) is 0 Å². The van der Waals surface area contributed by atoms with Crippen LogP contribution in [0, 0.1) is 17.8 Å². The average Bonchev–Trinajstić information content (AvgIpc) is 2.89. The first-order valence-corrected chi connectivity index (χ1v) is 7.18. The Kier molecular flexibility index (Phi) is 3.05. The van der Waals surface area contributed by atoms with Crippen molar-refractivity contribution in [1.29, 1.82) is 0 Å². The Morgan fingerprint density at radius 2 is 2.05 bits per heavy atom. The van der Waals surface area contributed by atoms with Gasteiger partial charge in [0.05, 0.1) is 0 Å². The normalized spacial score (nSPS) is 27.7. The molecule has 0 aromatic heterocycles. The summed E-state index contributed by atoms with van der Waals surface area (Å²) in [6.07, 6.45) is 3.74. The van der Waals surface area contributed by atoms with Gasteiger partial charge in [0.2, 0.25) is 5.91 Å². The van der Waals surface area contributed by atoms with Gasteiger partial charge in [0.25, 0.3) is 0 Å². The first-order chi connectivity index (χ1) is 9.09. The molecule has 2 unspecified atom stereocenters. The molecule has 2 N–H and O–H groups in total. The van der Waals surface area contributed by atoms with Gasteiger partial charge >= 0.3 is 0 Å². The van der Waals surface area contributed by atoms with Crippen LogP contribution in [0.2, 0.25) is 0 Å². The summed E-state index contributed by atoms with van der Waals surface area (Å²) >= 11 is 4.98. The van der Waals surface area contributed by atoms with Crippen molar-refractivity contribution in [3.63, 3.8) is 0 Å². The molecule has 1 aromatic rings. The second-order valence-corrected chi connectivity index (χ2v) is 6.04. The van der Waals surface area contributed by atoms with Gasteiger partial charge in [-0.3, -0.25) is 4.79 Å². The molecule has 2 aliphatic rings. The van der Waals surface area contributed by atoms with Gasteiger partial charge in [0.15, 0.2) is 0 Å². The first kappa shape index (κ1) is 12.6. The van der Waals surface area contributed by atoms with Gasteiger partial charge in [-0.1, -0.05) is 30.8 Å². The molecule has 2 aliphatic carbocycles. The summed E-state index contributed by atoms with van der Waals surface area (Å²) in [7, 11) is 1.84. The average molecular weight is 274 g/mol. The van der Waals surface area contributed by atoms with Crippen molar-refractivity contribution in [3.05, 3.63) is 29.8 Å². The van der Waals surface area contributed by atoms with Gasteiger partial charge in [-0.2, -0.15) is 0 Å². The Morgan fingerprint density at radius 3 is 2.68 bits per heavy atom. The minimum atomic E-state index is 0.245. The maximum atomic E-state index is 12.5. The molecule has 3 nitrogen and oxygen atoms in total. The standard InChI is InChI=1S/C15H18N2OS/c1-17(10-5-2-4-9(8-10)14(16)19)15(18)13-11-6-3-7-12(11)13/h2,4-5,8,11-13H,3,6-7H2,1H3,(H2,16,19). The second kappa shape index (κ2) is 4.60. The van der Waals surface area contributed by atoms with Crippen LogP contribution < -0.4 is 10.6 Å². The van der Waals surface area contributed by atoms with E-state index in [9.17, 15) is 4.79 Å². The van der Waals surface area contributed by atoms with E-state index in [-0.39, 0.29) is 11.8 Å². The number of fused-ring (bicyclic) bond motifs is 1. The number of carbonyl (C=O) groups is 1. The number of carbonyl (C=O) groups excluding carboxylic acids is 1. The predicted molar refractivity (Wildman–Crippen MR) is 80.1 cm³/mol. The fourth-order valence-electron chi connectivity index (χ4n) is 3.41. The summed E-state index contributed by atoms with van der Waals surface area (Å²) in [5.41, 5.74) is 7.32. The number of anilines is 1. The first-order valence-electron chi connectivity index (χ1n) is 6.77. The van der Waals surface area contributed by atoms with E-state index in [1.165, 1.54) is 19.3 Å². The Hall–Kier alpha value is -1.42. The lowest BCUT2D eigenvalue weighted by Gasteiger charge is -2.19. The zero-order valence-electron chi connectivity index (χ0n) is 11.0. The molecule has 2 fully saturated rings. The minimum Gasteiger partial charge on any atom is -0.389 e. The number of hydrogen-bond acceptors (Lipinski definition) is 2. The summed E-state index contributed by atoms with van der Waals surface area (Å²) in [6.45, 7) is 0. The number of amides is 1. The van der Waals surface area contributed by atoms with Gasteiger partial charge in [0, 0.05) is 24.2 Å². The van der Waals surface area contributed by atoms with Crippen molar-refractivity contribution in [2.24, 2.45) is 23.5 Å². The highest BCUT2D eigenvalue weighted by Crippen LogP contribution is 2.58. The molecule has 3 rings (SSSR count). The van der Waals surface area contributed by atoms with Crippen molar-refractivity contribution in [2.45, 2.75) is 19.3 Å². The summed E-state index contributed by atoms with van der Waals surface area (Å²) in [6, 6.07) is 7.58. The van der Waals surface area contributed by atoms with Crippen LogP contribution in [-0.4, -0.2) is 17.9 Å². The number of rotatable bonds is 3. The Bertz CT molecular complexity index is 533. The van der Waals surface area contributed by atoms with Gasteiger partial charge in [0.1, 0.15) is 4.99 Å². The van der Waals surface area contributed by atoms with Crippen LogP contribution in [0.4, 0.5) is 5.69 Å². The van der Waals surface area contributed by atoms with E-state index < -0.39 is 0 Å². The molecule has 0 spiro atoms. The van der Waals surface area contributed by atoms with Crippen LogP contribution in [0.5, 0.6) is 0 Å². The lowest BCUT2D eigenvalue weighted by molar-refractivity contribution is -0.120. The van der Waals surface area contributed by atoms with Crippen LogP contribution in [0.25, 0.3) is 0 Å². The molecule has 0 heterocycles. The fraction of sp³-hybridized carbons (Fsp3) is 0.467. The number of benzene rings is 1. The van der Waals surface area contributed by atoms with Crippen LogP contribution in [0.15, 0.2) is 24.3 Å². The summed E-state index contributed by atoms with van der Waals surface area (Å²) < 4.78 is 0. The summed E-state index contributed by atoms with van der Waals surface area (Å²) in [4.78, 5) is 14.6. The topological polar surface area (TPSA) is 46.3 Å². The fourth-order valence-corrected chi connectivity index (χ4v) is 3.53.